The van der Waals surface area contributed by atoms with E-state index in [1.807, 2.05) is 11.9 Å². The molecule has 1 unspecified atom stereocenters. The quantitative estimate of drug-likeness (QED) is 0.861. The lowest BCUT2D eigenvalue weighted by Crippen LogP contribution is -2.29. The van der Waals surface area contributed by atoms with Crippen molar-refractivity contribution in [2.45, 2.75) is 37.8 Å². The van der Waals surface area contributed by atoms with E-state index in [2.05, 4.69) is 5.32 Å². The number of nitrogens with one attached hydrogen (secondary N) is 1. The maximum Gasteiger partial charge on any atom is 0.257 e. The lowest BCUT2D eigenvalue weighted by molar-refractivity contribution is -0.123. The third kappa shape index (κ3) is 1.98. The molecule has 1 aromatic carbocycles. The summed E-state index contributed by atoms with van der Waals surface area (Å²) >= 11 is 0. The molecule has 19 heavy (non-hydrogen) atoms. The highest BCUT2D eigenvalue weighted by Gasteiger charge is 2.31. The van der Waals surface area contributed by atoms with Crippen molar-refractivity contribution in [1.29, 1.82) is 0 Å². The summed E-state index contributed by atoms with van der Waals surface area (Å²) in [5.74, 6) is -0.876. The Hall–Kier alpha value is -1.62. The fourth-order valence-corrected chi connectivity index (χ4v) is 3.01. The van der Waals surface area contributed by atoms with E-state index >= 15 is 0 Å². The molecule has 0 bridgehead atoms. The van der Waals surface area contributed by atoms with Gasteiger partial charge in [-0.15, -0.1) is 0 Å². The van der Waals surface area contributed by atoms with Crippen molar-refractivity contribution < 1.29 is 14.3 Å². The molecule has 5 heteroatoms. The van der Waals surface area contributed by atoms with Gasteiger partial charge in [0.25, 0.3) is 5.91 Å². The number of amides is 1. The average Bonchev–Trinajstić information content (AvgIpc) is 3.00. The third-order valence-electron chi connectivity index (χ3n) is 4.17. The molecule has 0 aromatic heterocycles. The molecular weight excluding hydrogens is 247 g/mol. The van der Waals surface area contributed by atoms with Crippen molar-refractivity contribution in [2.24, 2.45) is 0 Å². The van der Waals surface area contributed by atoms with Crippen molar-refractivity contribution in [3.63, 3.8) is 0 Å². The van der Waals surface area contributed by atoms with Gasteiger partial charge in [0.15, 0.2) is 6.10 Å². The van der Waals surface area contributed by atoms with Gasteiger partial charge in [0.05, 0.1) is 5.69 Å². The van der Waals surface area contributed by atoms with E-state index in [-0.39, 0.29) is 5.82 Å². The first-order valence-corrected chi connectivity index (χ1v) is 6.63. The molecule has 1 aliphatic heterocycles. The van der Waals surface area contributed by atoms with Gasteiger partial charge in [-0.1, -0.05) is 12.8 Å². The van der Waals surface area contributed by atoms with Crippen LogP contribution < -0.4 is 10.2 Å². The zero-order chi connectivity index (χ0) is 13.6. The highest BCUT2D eigenvalue weighted by atomic mass is 19.1. The minimum absolute atomic E-state index is 0.325. The number of aliphatic hydroxyl groups is 1. The molecular formula is C14H17FN2O2. The van der Waals surface area contributed by atoms with Crippen molar-refractivity contribution in [3.05, 3.63) is 23.5 Å². The number of nitrogens with zero attached hydrogens (tertiary/aromatic N) is 1. The van der Waals surface area contributed by atoms with Gasteiger partial charge in [-0.2, -0.15) is 0 Å². The molecule has 4 nitrogen and oxygen atoms in total. The largest absolute Gasteiger partial charge is 0.378 e. The summed E-state index contributed by atoms with van der Waals surface area (Å²) in [6, 6.07) is 3.24. The number of carbonyl (C=O) groups excluding carboxylic acids is 1. The Kier molecular flexibility index (Phi) is 2.93. The highest BCUT2D eigenvalue weighted by Crippen LogP contribution is 2.37. The zero-order valence-corrected chi connectivity index (χ0v) is 10.8. The van der Waals surface area contributed by atoms with Gasteiger partial charge in [0, 0.05) is 24.3 Å². The standard InChI is InChI=1S/C14H17FN2O2/c1-17(8-4-2-3-5-8)12-7-11-9(6-10(12)15)13(18)14(19)16-11/h6-8,13,18H,2-5H2,1H3,(H,16,19). The third-order valence-corrected chi connectivity index (χ3v) is 4.17. The molecule has 0 radical (unpaired) electrons. The summed E-state index contributed by atoms with van der Waals surface area (Å²) in [5, 5.41) is 12.2. The van der Waals surface area contributed by atoms with Crippen molar-refractivity contribution in [2.75, 3.05) is 17.3 Å². The van der Waals surface area contributed by atoms with Crippen LogP contribution in [-0.2, 0) is 4.79 Å². The van der Waals surface area contributed by atoms with Crippen LogP contribution in [0, 0.1) is 5.82 Å². The van der Waals surface area contributed by atoms with Crippen molar-refractivity contribution in [1.82, 2.24) is 0 Å². The van der Waals surface area contributed by atoms with Crippen LogP contribution in [0.15, 0.2) is 12.1 Å². The number of carbonyl (C=O) groups is 1. The van der Waals surface area contributed by atoms with E-state index < -0.39 is 12.0 Å². The summed E-state index contributed by atoms with van der Waals surface area (Å²) in [4.78, 5) is 13.3. The van der Waals surface area contributed by atoms with E-state index in [0.717, 1.165) is 12.8 Å². The maximum absolute atomic E-state index is 14.2. The van der Waals surface area contributed by atoms with Crippen LogP contribution in [0.5, 0.6) is 0 Å². The number of anilines is 2. The van der Waals surface area contributed by atoms with Gasteiger partial charge in [0.1, 0.15) is 5.82 Å². The zero-order valence-electron chi connectivity index (χ0n) is 10.8. The second-order valence-corrected chi connectivity index (χ2v) is 5.33. The second kappa shape index (κ2) is 4.49. The number of aliphatic hydroxyl groups excluding tert-OH is 1. The van der Waals surface area contributed by atoms with Crippen LogP contribution in [0.25, 0.3) is 0 Å². The summed E-state index contributed by atoms with van der Waals surface area (Å²) in [6.45, 7) is 0. The summed E-state index contributed by atoms with van der Waals surface area (Å²) < 4.78 is 14.2. The molecule has 0 saturated heterocycles. The Bertz CT molecular complexity index is 526. The fraction of sp³-hybridized carbons (Fsp3) is 0.500. The van der Waals surface area contributed by atoms with Crippen LogP contribution in [0.1, 0.15) is 37.4 Å². The predicted octanol–water partition coefficient (Wildman–Crippen LogP) is 2.19. The average molecular weight is 264 g/mol. The topological polar surface area (TPSA) is 52.6 Å². The van der Waals surface area contributed by atoms with E-state index in [9.17, 15) is 14.3 Å². The number of rotatable bonds is 2. The van der Waals surface area contributed by atoms with Crippen LogP contribution in [0.4, 0.5) is 15.8 Å². The molecule has 102 valence electrons. The maximum atomic E-state index is 14.2. The van der Waals surface area contributed by atoms with E-state index in [1.165, 1.54) is 18.9 Å². The number of hydrogen-bond acceptors (Lipinski definition) is 3. The van der Waals surface area contributed by atoms with Gasteiger partial charge >= 0.3 is 0 Å². The van der Waals surface area contributed by atoms with Crippen molar-refractivity contribution in [3.8, 4) is 0 Å². The van der Waals surface area contributed by atoms with Crippen LogP contribution in [0.2, 0.25) is 0 Å². The minimum atomic E-state index is -1.25. The van der Waals surface area contributed by atoms with Crippen molar-refractivity contribution >= 4 is 17.3 Å². The van der Waals surface area contributed by atoms with Gasteiger partial charge in [0.2, 0.25) is 0 Å². The van der Waals surface area contributed by atoms with E-state index in [4.69, 9.17) is 0 Å². The van der Waals surface area contributed by atoms with Crippen LogP contribution >= 0.6 is 0 Å². The molecule has 1 amide bonds. The smallest absolute Gasteiger partial charge is 0.257 e. The number of benzene rings is 1. The summed E-state index contributed by atoms with van der Waals surface area (Å²) in [7, 11) is 1.88. The Morgan fingerprint density at radius 3 is 2.74 bits per heavy atom. The number of halogens is 1. The van der Waals surface area contributed by atoms with E-state index in [0.29, 0.717) is 23.0 Å². The Balaban J connectivity index is 1.95. The summed E-state index contributed by atoms with van der Waals surface area (Å²) in [6.07, 6.45) is 3.24. The van der Waals surface area contributed by atoms with E-state index in [1.54, 1.807) is 6.07 Å². The normalized spacial score (nSPS) is 22.5. The first-order valence-electron chi connectivity index (χ1n) is 6.63. The first-order chi connectivity index (χ1) is 9.08. The van der Waals surface area contributed by atoms with Gasteiger partial charge in [-0.05, 0) is 25.0 Å². The Morgan fingerprint density at radius 2 is 2.05 bits per heavy atom. The molecule has 0 spiro atoms. The molecule has 2 aliphatic rings. The van der Waals surface area contributed by atoms with Gasteiger partial charge in [-0.25, -0.2) is 4.39 Å². The lowest BCUT2D eigenvalue weighted by atomic mass is 10.1. The lowest BCUT2D eigenvalue weighted by Gasteiger charge is -2.27. The Morgan fingerprint density at radius 1 is 1.37 bits per heavy atom. The Labute approximate surface area is 111 Å². The molecule has 1 saturated carbocycles. The predicted molar refractivity (Wildman–Crippen MR) is 70.6 cm³/mol. The molecule has 3 rings (SSSR count). The minimum Gasteiger partial charge on any atom is -0.378 e. The molecule has 1 aromatic rings. The van der Waals surface area contributed by atoms with Crippen LogP contribution in [-0.4, -0.2) is 24.1 Å². The monoisotopic (exact) mass is 264 g/mol. The molecule has 1 atom stereocenters. The SMILES string of the molecule is CN(c1cc2c(cc1F)C(O)C(=O)N2)C1CCCC1. The van der Waals surface area contributed by atoms with Gasteiger partial charge < -0.3 is 15.3 Å². The molecule has 1 aliphatic carbocycles. The second-order valence-electron chi connectivity index (χ2n) is 5.33. The number of fused-ring (bicyclic) bond motifs is 1. The fourth-order valence-electron chi connectivity index (χ4n) is 3.01. The highest BCUT2D eigenvalue weighted by molar-refractivity contribution is 6.02. The molecule has 2 N–H and O–H groups in total. The number of hydrogen-bond donors (Lipinski definition) is 2. The summed E-state index contributed by atoms with van der Waals surface area (Å²) in [5.41, 5.74) is 1.32. The van der Waals surface area contributed by atoms with Gasteiger partial charge in [-0.3, -0.25) is 4.79 Å². The van der Waals surface area contributed by atoms with Crippen LogP contribution in [0.3, 0.4) is 0 Å². The molecule has 1 fully saturated rings. The molecule has 1 heterocycles. The first kappa shape index (κ1) is 12.4.